The Morgan fingerprint density at radius 3 is 2.18 bits per heavy atom. The van der Waals surface area contributed by atoms with E-state index in [2.05, 4.69) is 0 Å². The molecule has 2 aromatic carbocycles. The minimum atomic E-state index is -1.03. The van der Waals surface area contributed by atoms with Crippen molar-refractivity contribution in [2.75, 3.05) is 0 Å². The predicted octanol–water partition coefficient (Wildman–Crippen LogP) is 2.97. The number of hydrogen-bond acceptors (Lipinski definition) is 6. The number of hydrogen-bond donors (Lipinski definition) is 2. The maximum atomic E-state index is 11.9. The van der Waals surface area contributed by atoms with Crippen LogP contribution in [0.15, 0.2) is 48.5 Å². The van der Waals surface area contributed by atoms with Crippen LogP contribution in [0.25, 0.3) is 0 Å². The highest BCUT2D eigenvalue weighted by Gasteiger charge is 2.28. The van der Waals surface area contributed by atoms with Crippen molar-refractivity contribution in [2.24, 2.45) is 5.73 Å². The van der Waals surface area contributed by atoms with Crippen LogP contribution in [0.1, 0.15) is 24.0 Å². The van der Waals surface area contributed by atoms with Gasteiger partial charge in [-0.2, -0.15) is 0 Å². The van der Waals surface area contributed by atoms with Crippen LogP contribution < -0.4 is 10.5 Å². The van der Waals surface area contributed by atoms with Crippen molar-refractivity contribution in [3.8, 4) is 11.5 Å². The molecule has 2 atom stereocenters. The van der Waals surface area contributed by atoms with Gasteiger partial charge >= 0.3 is 5.97 Å². The third-order valence-electron chi connectivity index (χ3n) is 4.48. The molecular formula is C21H21NO5S. The Bertz CT molecular complexity index is 863. The van der Waals surface area contributed by atoms with Gasteiger partial charge in [0, 0.05) is 12.8 Å². The number of rotatable bonds is 7. The van der Waals surface area contributed by atoms with Gasteiger partial charge in [-0.25, -0.2) is 0 Å². The Hall–Kier alpha value is -2.64. The first kappa shape index (κ1) is 20.1. The van der Waals surface area contributed by atoms with E-state index < -0.39 is 12.0 Å². The van der Waals surface area contributed by atoms with E-state index in [1.807, 2.05) is 24.3 Å². The topological polar surface area (TPSA) is 107 Å². The molecule has 2 aromatic rings. The van der Waals surface area contributed by atoms with E-state index in [0.717, 1.165) is 22.9 Å². The summed E-state index contributed by atoms with van der Waals surface area (Å²) in [5.41, 5.74) is 7.33. The molecule has 0 aromatic heterocycles. The van der Waals surface area contributed by atoms with Crippen LogP contribution in [0.2, 0.25) is 0 Å². The van der Waals surface area contributed by atoms with Crippen molar-refractivity contribution in [2.45, 2.75) is 37.0 Å². The molecule has 1 aliphatic heterocycles. The summed E-state index contributed by atoms with van der Waals surface area (Å²) >= 11 is 1.14. The number of nitrogens with two attached hydrogens (primary N) is 1. The van der Waals surface area contributed by atoms with Crippen molar-refractivity contribution in [3.05, 3.63) is 59.7 Å². The molecule has 0 saturated carbocycles. The van der Waals surface area contributed by atoms with Crippen LogP contribution in [0.4, 0.5) is 0 Å². The van der Waals surface area contributed by atoms with E-state index >= 15 is 0 Å². The average Bonchev–Trinajstić information content (AvgIpc) is 2.67. The maximum absolute atomic E-state index is 11.9. The minimum Gasteiger partial charge on any atom is -0.480 e. The van der Waals surface area contributed by atoms with Gasteiger partial charge in [0.05, 0.1) is 5.25 Å². The number of Topliss-reactive ketones (excluding diaryl/α,β-unsaturated/α-hetero) is 1. The fourth-order valence-electron chi connectivity index (χ4n) is 2.90. The SMILES string of the molecule is N[C@@H](Cc1ccc(Oc2ccc(CC3SC(=O)CCC3=O)cc2)cc1)C(=O)O. The van der Waals surface area contributed by atoms with Crippen LogP contribution in [-0.2, 0) is 27.2 Å². The average molecular weight is 399 g/mol. The van der Waals surface area contributed by atoms with Crippen LogP contribution in [0.5, 0.6) is 11.5 Å². The lowest BCUT2D eigenvalue weighted by Gasteiger charge is -2.19. The van der Waals surface area contributed by atoms with Crippen molar-refractivity contribution in [1.82, 2.24) is 0 Å². The van der Waals surface area contributed by atoms with Crippen molar-refractivity contribution in [1.29, 1.82) is 0 Å². The summed E-state index contributed by atoms with van der Waals surface area (Å²) in [5.74, 6) is 0.382. The molecule has 3 rings (SSSR count). The number of aliphatic carboxylic acids is 1. The molecule has 28 heavy (non-hydrogen) atoms. The molecule has 0 amide bonds. The molecule has 1 unspecified atom stereocenters. The number of carboxylic acid groups (broad SMARTS) is 1. The van der Waals surface area contributed by atoms with Gasteiger partial charge < -0.3 is 15.6 Å². The third-order valence-corrected chi connectivity index (χ3v) is 5.67. The molecule has 0 radical (unpaired) electrons. The highest BCUT2D eigenvalue weighted by molar-refractivity contribution is 8.14. The number of ketones is 1. The van der Waals surface area contributed by atoms with E-state index in [-0.39, 0.29) is 22.6 Å². The second-order valence-electron chi connectivity index (χ2n) is 6.69. The van der Waals surface area contributed by atoms with E-state index in [1.54, 1.807) is 24.3 Å². The minimum absolute atomic E-state index is 0.0808. The fourth-order valence-corrected chi connectivity index (χ4v) is 3.97. The summed E-state index contributed by atoms with van der Waals surface area (Å²) in [6.07, 6.45) is 1.47. The first-order valence-electron chi connectivity index (χ1n) is 8.97. The second-order valence-corrected chi connectivity index (χ2v) is 7.95. The van der Waals surface area contributed by atoms with Crippen LogP contribution in [0, 0.1) is 0 Å². The molecule has 0 aliphatic carbocycles. The predicted molar refractivity (Wildman–Crippen MR) is 107 cm³/mol. The summed E-state index contributed by atoms with van der Waals surface area (Å²) in [7, 11) is 0. The lowest BCUT2D eigenvalue weighted by molar-refractivity contribution is -0.138. The summed E-state index contributed by atoms with van der Waals surface area (Å²) in [5, 5.41) is 8.65. The zero-order valence-corrected chi connectivity index (χ0v) is 16.0. The van der Waals surface area contributed by atoms with Gasteiger partial charge in [0.15, 0.2) is 5.12 Å². The standard InChI is InChI=1S/C21H21NO5S/c22-17(21(25)26)11-13-1-5-15(6-2-13)27-16-7-3-14(4-8-16)12-19-18(23)9-10-20(24)28-19/h1-8,17,19H,9-12,22H2,(H,25,26)/t17-,19?/m0/s1. The number of ether oxygens (including phenoxy) is 1. The van der Waals surface area contributed by atoms with E-state index in [9.17, 15) is 14.4 Å². The molecule has 7 heteroatoms. The number of thioether (sulfide) groups is 1. The van der Waals surface area contributed by atoms with E-state index in [4.69, 9.17) is 15.6 Å². The largest absolute Gasteiger partial charge is 0.480 e. The highest BCUT2D eigenvalue weighted by atomic mass is 32.2. The van der Waals surface area contributed by atoms with Gasteiger partial charge in [0.25, 0.3) is 0 Å². The summed E-state index contributed by atoms with van der Waals surface area (Å²) in [4.78, 5) is 34.3. The Labute approximate surface area is 167 Å². The second kappa shape index (κ2) is 9.03. The molecule has 6 nitrogen and oxygen atoms in total. The van der Waals surface area contributed by atoms with Crippen LogP contribution >= 0.6 is 11.8 Å². The van der Waals surface area contributed by atoms with Crippen molar-refractivity contribution < 1.29 is 24.2 Å². The number of carboxylic acids is 1. The molecule has 1 saturated heterocycles. The molecule has 1 fully saturated rings. The maximum Gasteiger partial charge on any atom is 0.320 e. The molecule has 1 heterocycles. The Kier molecular flexibility index (Phi) is 6.49. The lowest BCUT2D eigenvalue weighted by atomic mass is 10.0. The first-order chi connectivity index (χ1) is 13.4. The van der Waals surface area contributed by atoms with Crippen molar-refractivity contribution >= 4 is 28.6 Å². The smallest absolute Gasteiger partial charge is 0.320 e. The molecule has 0 bridgehead atoms. The van der Waals surface area contributed by atoms with Gasteiger partial charge in [-0.1, -0.05) is 36.0 Å². The Morgan fingerprint density at radius 1 is 1.04 bits per heavy atom. The fraction of sp³-hybridized carbons (Fsp3) is 0.286. The Morgan fingerprint density at radius 2 is 1.61 bits per heavy atom. The zero-order valence-electron chi connectivity index (χ0n) is 15.2. The number of carbonyl (C=O) groups is 3. The molecule has 1 aliphatic rings. The Balaban J connectivity index is 1.57. The van der Waals surface area contributed by atoms with Gasteiger partial charge in [-0.05, 0) is 48.2 Å². The van der Waals surface area contributed by atoms with Gasteiger partial charge in [0.2, 0.25) is 0 Å². The van der Waals surface area contributed by atoms with Gasteiger partial charge in [-0.3, -0.25) is 14.4 Å². The van der Waals surface area contributed by atoms with E-state index in [1.165, 1.54) is 0 Å². The summed E-state index contributed by atoms with van der Waals surface area (Å²) in [6, 6.07) is 13.6. The number of carbonyl (C=O) groups excluding carboxylic acids is 2. The number of benzene rings is 2. The third kappa shape index (κ3) is 5.43. The van der Waals surface area contributed by atoms with Crippen LogP contribution in [0.3, 0.4) is 0 Å². The van der Waals surface area contributed by atoms with Gasteiger partial charge in [-0.15, -0.1) is 0 Å². The van der Waals surface area contributed by atoms with Gasteiger partial charge in [0.1, 0.15) is 23.3 Å². The molecule has 146 valence electrons. The quantitative estimate of drug-likeness (QED) is 0.737. The zero-order chi connectivity index (χ0) is 20.1. The molecular weight excluding hydrogens is 378 g/mol. The normalized spacial score (nSPS) is 18.0. The van der Waals surface area contributed by atoms with Crippen molar-refractivity contribution in [3.63, 3.8) is 0 Å². The summed E-state index contributed by atoms with van der Waals surface area (Å²) < 4.78 is 5.80. The molecule has 0 spiro atoms. The summed E-state index contributed by atoms with van der Waals surface area (Å²) in [6.45, 7) is 0. The van der Waals surface area contributed by atoms with Crippen LogP contribution in [-0.4, -0.2) is 33.3 Å². The first-order valence-corrected chi connectivity index (χ1v) is 9.85. The monoisotopic (exact) mass is 399 g/mol. The molecule has 3 N–H and O–H groups in total. The van der Waals surface area contributed by atoms with E-state index in [0.29, 0.717) is 30.8 Å². The lowest BCUT2D eigenvalue weighted by Crippen LogP contribution is -2.32. The highest BCUT2D eigenvalue weighted by Crippen LogP contribution is 2.28.